The molecule has 1 atom stereocenters. The summed E-state index contributed by atoms with van der Waals surface area (Å²) < 4.78 is 13.1. The molecule has 1 aliphatic heterocycles. The van der Waals surface area contributed by atoms with Gasteiger partial charge in [0.15, 0.2) is 5.82 Å². The van der Waals surface area contributed by atoms with Crippen LogP contribution in [0.25, 0.3) is 10.9 Å². The Bertz CT molecular complexity index is 1240. The number of H-pyrrole nitrogens is 1. The highest BCUT2D eigenvalue weighted by Crippen LogP contribution is 2.18. The van der Waals surface area contributed by atoms with Crippen LogP contribution in [0.5, 0.6) is 0 Å². The molecule has 9 heteroatoms. The van der Waals surface area contributed by atoms with Crippen molar-refractivity contribution in [3.63, 3.8) is 0 Å². The minimum atomic E-state index is -0.0912. The predicted octanol–water partition coefficient (Wildman–Crippen LogP) is 2.80. The lowest BCUT2D eigenvalue weighted by Crippen LogP contribution is -2.28. The molecule has 0 saturated carbocycles. The van der Waals surface area contributed by atoms with Crippen molar-refractivity contribution in [3.05, 3.63) is 75.7 Å². The number of fused-ring (bicyclic) bond motifs is 1. The second-order valence-electron chi connectivity index (χ2n) is 8.35. The Morgan fingerprint density at radius 1 is 1.22 bits per heavy atom. The van der Waals surface area contributed by atoms with E-state index in [-0.39, 0.29) is 11.7 Å². The summed E-state index contributed by atoms with van der Waals surface area (Å²) in [6.45, 7) is 4.88. The van der Waals surface area contributed by atoms with Crippen LogP contribution in [0.2, 0.25) is 0 Å². The number of rotatable bonds is 8. The number of nitrogens with one attached hydrogen (secondary N) is 1. The van der Waals surface area contributed by atoms with E-state index in [9.17, 15) is 4.79 Å². The summed E-state index contributed by atoms with van der Waals surface area (Å²) in [5.74, 6) is 1.55. The number of aromatic amines is 1. The zero-order valence-corrected chi connectivity index (χ0v) is 18.0. The fraction of sp³-hybridized carbons (Fsp3) is 0.391. The summed E-state index contributed by atoms with van der Waals surface area (Å²) in [6, 6.07) is 11.8. The summed E-state index contributed by atoms with van der Waals surface area (Å²) in [5.41, 5.74) is 2.55. The molecule has 1 aliphatic rings. The van der Waals surface area contributed by atoms with Gasteiger partial charge in [0, 0.05) is 24.2 Å². The molecule has 5 rings (SSSR count). The van der Waals surface area contributed by atoms with Crippen LogP contribution in [0.15, 0.2) is 51.9 Å². The van der Waals surface area contributed by atoms with Crippen molar-refractivity contribution >= 4 is 10.9 Å². The average molecular weight is 435 g/mol. The molecule has 0 bridgehead atoms. The van der Waals surface area contributed by atoms with E-state index in [4.69, 9.17) is 9.15 Å². The SMILES string of the molecule is Cc1ccc2cc(CN(Cc3ccco3)Cc3nnnn3CC3CCCO3)c(=O)[nH]c2c1. The van der Waals surface area contributed by atoms with Crippen LogP contribution in [-0.4, -0.2) is 42.8 Å². The molecule has 4 aromatic rings. The smallest absolute Gasteiger partial charge is 0.252 e. The molecule has 4 heterocycles. The van der Waals surface area contributed by atoms with Gasteiger partial charge in [-0.2, -0.15) is 0 Å². The summed E-state index contributed by atoms with van der Waals surface area (Å²) in [4.78, 5) is 17.9. The Labute approximate surface area is 185 Å². The quantitative estimate of drug-likeness (QED) is 0.455. The third-order valence-electron chi connectivity index (χ3n) is 5.80. The first-order valence-corrected chi connectivity index (χ1v) is 10.9. The van der Waals surface area contributed by atoms with E-state index in [0.29, 0.717) is 31.7 Å². The van der Waals surface area contributed by atoms with E-state index in [1.807, 2.05) is 43.3 Å². The molecule has 0 amide bonds. The highest BCUT2D eigenvalue weighted by Gasteiger charge is 2.21. The van der Waals surface area contributed by atoms with Crippen LogP contribution in [0.4, 0.5) is 0 Å². The maximum atomic E-state index is 12.8. The molecule has 0 aliphatic carbocycles. The number of aryl methyl sites for hydroxylation is 1. The standard InChI is InChI=1S/C23H26N6O3/c1-16-6-7-17-11-18(23(30)24-21(17)10-16)12-28(13-19-4-2-8-31-19)15-22-25-26-27-29(22)14-20-5-3-9-32-20/h2,4,6-8,10-11,20H,3,5,9,12-15H2,1H3,(H,24,30). The Kier molecular flexibility index (Phi) is 5.83. The highest BCUT2D eigenvalue weighted by molar-refractivity contribution is 5.79. The van der Waals surface area contributed by atoms with E-state index in [1.165, 1.54) is 0 Å². The molecule has 1 N–H and O–H groups in total. The predicted molar refractivity (Wildman–Crippen MR) is 118 cm³/mol. The Balaban J connectivity index is 1.40. The molecule has 0 radical (unpaired) electrons. The third kappa shape index (κ3) is 4.63. The van der Waals surface area contributed by atoms with E-state index < -0.39 is 0 Å². The summed E-state index contributed by atoms with van der Waals surface area (Å²) >= 11 is 0. The summed E-state index contributed by atoms with van der Waals surface area (Å²) in [7, 11) is 0. The average Bonchev–Trinajstić information content (AvgIpc) is 3.54. The summed E-state index contributed by atoms with van der Waals surface area (Å²) in [6.07, 6.45) is 3.88. The van der Waals surface area contributed by atoms with Gasteiger partial charge >= 0.3 is 0 Å². The topological polar surface area (TPSA) is 102 Å². The largest absolute Gasteiger partial charge is 0.468 e. The first-order chi connectivity index (χ1) is 15.6. The second kappa shape index (κ2) is 9.05. The van der Waals surface area contributed by atoms with Crippen molar-refractivity contribution in [2.24, 2.45) is 0 Å². The normalized spacial score (nSPS) is 16.4. The Hall–Kier alpha value is -3.30. The van der Waals surface area contributed by atoms with Gasteiger partial charge in [-0.1, -0.05) is 12.1 Å². The fourth-order valence-corrected chi connectivity index (χ4v) is 4.17. The van der Waals surface area contributed by atoms with Gasteiger partial charge in [0.2, 0.25) is 0 Å². The molecule has 32 heavy (non-hydrogen) atoms. The number of nitrogens with zero attached hydrogens (tertiary/aromatic N) is 5. The minimum Gasteiger partial charge on any atom is -0.468 e. The van der Waals surface area contributed by atoms with Crippen molar-refractivity contribution in [2.75, 3.05) is 6.61 Å². The van der Waals surface area contributed by atoms with Crippen LogP contribution in [0.3, 0.4) is 0 Å². The van der Waals surface area contributed by atoms with Crippen LogP contribution < -0.4 is 5.56 Å². The van der Waals surface area contributed by atoms with Gasteiger partial charge in [-0.15, -0.1) is 5.10 Å². The number of pyridine rings is 1. The zero-order valence-electron chi connectivity index (χ0n) is 18.0. The van der Waals surface area contributed by atoms with Crippen LogP contribution in [0, 0.1) is 6.92 Å². The minimum absolute atomic E-state index is 0.0912. The van der Waals surface area contributed by atoms with Crippen LogP contribution >= 0.6 is 0 Å². The van der Waals surface area contributed by atoms with Crippen LogP contribution in [-0.2, 0) is 30.9 Å². The van der Waals surface area contributed by atoms with Gasteiger partial charge in [0.25, 0.3) is 5.56 Å². The molecule has 1 fully saturated rings. The second-order valence-corrected chi connectivity index (χ2v) is 8.35. The van der Waals surface area contributed by atoms with Crippen molar-refractivity contribution in [2.45, 2.75) is 52.0 Å². The lowest BCUT2D eigenvalue weighted by molar-refractivity contribution is 0.0913. The lowest BCUT2D eigenvalue weighted by atomic mass is 10.1. The maximum absolute atomic E-state index is 12.8. The van der Waals surface area contributed by atoms with Crippen molar-refractivity contribution in [1.29, 1.82) is 0 Å². The molecule has 0 spiro atoms. The number of tetrazole rings is 1. The number of ether oxygens (including phenoxy) is 1. The first-order valence-electron chi connectivity index (χ1n) is 10.9. The molecule has 1 aromatic carbocycles. The Morgan fingerprint density at radius 3 is 2.97 bits per heavy atom. The van der Waals surface area contributed by atoms with Gasteiger partial charge in [-0.05, 0) is 65.4 Å². The molecular formula is C23H26N6O3. The Morgan fingerprint density at radius 2 is 2.16 bits per heavy atom. The third-order valence-corrected chi connectivity index (χ3v) is 5.80. The van der Waals surface area contributed by atoms with E-state index >= 15 is 0 Å². The van der Waals surface area contributed by atoms with E-state index in [0.717, 1.165) is 47.5 Å². The fourth-order valence-electron chi connectivity index (χ4n) is 4.17. The lowest BCUT2D eigenvalue weighted by Gasteiger charge is -2.21. The van der Waals surface area contributed by atoms with Gasteiger partial charge in [0.05, 0.1) is 32.0 Å². The van der Waals surface area contributed by atoms with Gasteiger partial charge < -0.3 is 14.1 Å². The van der Waals surface area contributed by atoms with Gasteiger partial charge in [-0.3, -0.25) is 9.69 Å². The van der Waals surface area contributed by atoms with Crippen molar-refractivity contribution in [3.8, 4) is 0 Å². The van der Waals surface area contributed by atoms with Gasteiger partial charge in [0.1, 0.15) is 5.76 Å². The monoisotopic (exact) mass is 434 g/mol. The highest BCUT2D eigenvalue weighted by atomic mass is 16.5. The molecule has 3 aromatic heterocycles. The number of aromatic nitrogens is 5. The van der Waals surface area contributed by atoms with Crippen molar-refractivity contribution in [1.82, 2.24) is 30.1 Å². The molecule has 9 nitrogen and oxygen atoms in total. The summed E-state index contributed by atoms with van der Waals surface area (Å²) in [5, 5.41) is 13.3. The number of hydrogen-bond acceptors (Lipinski definition) is 7. The number of furan rings is 1. The van der Waals surface area contributed by atoms with Gasteiger partial charge in [-0.25, -0.2) is 4.68 Å². The molecule has 166 valence electrons. The molecular weight excluding hydrogens is 408 g/mol. The number of benzene rings is 1. The molecule has 1 saturated heterocycles. The van der Waals surface area contributed by atoms with Crippen LogP contribution in [0.1, 0.15) is 35.6 Å². The van der Waals surface area contributed by atoms with Crippen molar-refractivity contribution < 1.29 is 9.15 Å². The zero-order chi connectivity index (χ0) is 21.9. The number of hydrogen-bond donors (Lipinski definition) is 1. The van der Waals surface area contributed by atoms with E-state index in [2.05, 4.69) is 25.4 Å². The first kappa shape index (κ1) is 20.6. The molecule has 1 unspecified atom stereocenters. The maximum Gasteiger partial charge on any atom is 0.252 e. The van der Waals surface area contributed by atoms with E-state index in [1.54, 1.807) is 10.9 Å².